The number of aromatic nitrogens is 1. The third-order valence-corrected chi connectivity index (χ3v) is 8.95. The molecule has 0 saturated carbocycles. The molecule has 1 aliphatic carbocycles. The molecule has 8 aromatic rings. The minimum Gasteiger partial charge on any atom is -0.454 e. The van der Waals surface area contributed by atoms with Gasteiger partial charge in [0.1, 0.15) is 11.1 Å². The molecular weight excluding hydrogens is 510 g/mol. The first-order valence-corrected chi connectivity index (χ1v) is 14.4. The Morgan fingerprint density at radius 1 is 0.452 bits per heavy atom. The second kappa shape index (κ2) is 8.76. The Balaban J connectivity index is 1.48. The first-order valence-electron chi connectivity index (χ1n) is 14.4. The van der Waals surface area contributed by atoms with Gasteiger partial charge < -0.3 is 4.42 Å². The summed E-state index contributed by atoms with van der Waals surface area (Å²) in [4.78, 5) is 5.12. The van der Waals surface area contributed by atoms with Gasteiger partial charge in [-0.15, -0.1) is 0 Å². The molecule has 0 radical (unpaired) electrons. The van der Waals surface area contributed by atoms with Crippen LogP contribution in [0.2, 0.25) is 0 Å². The van der Waals surface area contributed by atoms with E-state index in [2.05, 4.69) is 140 Å². The quantitative estimate of drug-likeness (QED) is 0.225. The van der Waals surface area contributed by atoms with Crippen LogP contribution in [-0.2, 0) is 5.41 Å². The van der Waals surface area contributed by atoms with Crippen LogP contribution >= 0.6 is 0 Å². The topological polar surface area (TPSA) is 26.0 Å². The number of rotatable bonds is 3. The van der Waals surface area contributed by atoms with Crippen molar-refractivity contribution in [1.29, 1.82) is 0 Å². The van der Waals surface area contributed by atoms with Crippen molar-refractivity contribution in [1.82, 2.24) is 4.98 Å². The van der Waals surface area contributed by atoms with Crippen LogP contribution in [0.5, 0.6) is 0 Å². The average Bonchev–Trinajstić information content (AvgIpc) is 3.58. The van der Waals surface area contributed by atoms with E-state index >= 15 is 0 Å². The van der Waals surface area contributed by atoms with Gasteiger partial charge in [0, 0.05) is 16.3 Å². The summed E-state index contributed by atoms with van der Waals surface area (Å²) in [5, 5.41) is 2.13. The van der Waals surface area contributed by atoms with Crippen LogP contribution in [0.15, 0.2) is 156 Å². The molecule has 2 heteroatoms. The van der Waals surface area contributed by atoms with Gasteiger partial charge in [0.05, 0.1) is 10.9 Å². The second-order valence-corrected chi connectivity index (χ2v) is 11.0. The fourth-order valence-electron chi connectivity index (χ4n) is 7.31. The maximum absolute atomic E-state index is 6.65. The summed E-state index contributed by atoms with van der Waals surface area (Å²) in [6.45, 7) is 0. The Hall–Kier alpha value is -5.47. The highest BCUT2D eigenvalue weighted by atomic mass is 16.3. The molecule has 0 atom stereocenters. The molecule has 0 spiro atoms. The van der Waals surface area contributed by atoms with Crippen LogP contribution < -0.4 is 0 Å². The molecule has 1 aliphatic rings. The number of hydrogen-bond acceptors (Lipinski definition) is 2. The highest BCUT2D eigenvalue weighted by Crippen LogP contribution is 2.59. The van der Waals surface area contributed by atoms with Crippen molar-refractivity contribution in [3.63, 3.8) is 0 Å². The van der Waals surface area contributed by atoms with E-state index < -0.39 is 5.41 Å². The predicted octanol–water partition coefficient (Wildman–Crippen LogP) is 10.2. The molecule has 0 bridgehead atoms. The van der Waals surface area contributed by atoms with E-state index in [9.17, 15) is 0 Å². The van der Waals surface area contributed by atoms with Crippen molar-refractivity contribution in [3.05, 3.63) is 174 Å². The van der Waals surface area contributed by atoms with E-state index in [0.717, 1.165) is 44.1 Å². The molecule has 9 rings (SSSR count). The van der Waals surface area contributed by atoms with Crippen LogP contribution in [0, 0.1) is 0 Å². The van der Waals surface area contributed by atoms with Gasteiger partial charge in [-0.05, 0) is 57.1 Å². The SMILES string of the molecule is c1ccc(C2(c3ccccc3)c3ccccc3-c3c(-c4c5ccccc5nc5c4oc4ccccc45)cccc32)cc1. The normalized spacial score (nSPS) is 13.4. The second-order valence-electron chi connectivity index (χ2n) is 11.0. The summed E-state index contributed by atoms with van der Waals surface area (Å²) < 4.78 is 6.65. The number of nitrogens with zero attached hydrogens (tertiary/aromatic N) is 1. The minimum atomic E-state index is -0.458. The molecule has 196 valence electrons. The lowest BCUT2D eigenvalue weighted by atomic mass is 9.67. The summed E-state index contributed by atoms with van der Waals surface area (Å²) in [5.74, 6) is 0. The monoisotopic (exact) mass is 535 g/mol. The predicted molar refractivity (Wildman–Crippen MR) is 172 cm³/mol. The molecule has 0 N–H and O–H groups in total. The molecule has 0 fully saturated rings. The summed E-state index contributed by atoms with van der Waals surface area (Å²) in [6.07, 6.45) is 0. The largest absolute Gasteiger partial charge is 0.454 e. The Bertz CT molecular complexity index is 2260. The fraction of sp³-hybridized carbons (Fsp3) is 0.0250. The van der Waals surface area contributed by atoms with E-state index in [1.54, 1.807) is 0 Å². The highest BCUT2D eigenvalue weighted by molar-refractivity contribution is 6.17. The van der Waals surface area contributed by atoms with Gasteiger partial charge in [0.25, 0.3) is 0 Å². The van der Waals surface area contributed by atoms with Crippen LogP contribution in [0.25, 0.3) is 55.2 Å². The third kappa shape index (κ3) is 3.01. The zero-order valence-electron chi connectivity index (χ0n) is 22.8. The van der Waals surface area contributed by atoms with Crippen molar-refractivity contribution < 1.29 is 4.42 Å². The maximum Gasteiger partial charge on any atom is 0.162 e. The minimum absolute atomic E-state index is 0.458. The number of fused-ring (bicyclic) bond motifs is 7. The summed E-state index contributed by atoms with van der Waals surface area (Å²) in [7, 11) is 0. The molecule has 42 heavy (non-hydrogen) atoms. The van der Waals surface area contributed by atoms with Gasteiger partial charge in [-0.3, -0.25) is 0 Å². The van der Waals surface area contributed by atoms with Gasteiger partial charge in [0.2, 0.25) is 0 Å². The van der Waals surface area contributed by atoms with Gasteiger partial charge >= 0.3 is 0 Å². The first kappa shape index (κ1) is 23.3. The standard InChI is InChI=1S/C40H25NO/c1-3-14-26(15-4-1)40(27-16-5-2-6-17-27)32-22-10-7-18-28(32)36-31(21-13-23-33(36)40)37-29-19-8-11-24-34(29)41-38-30-20-9-12-25-35(30)42-39(37)38/h1-25H. The van der Waals surface area contributed by atoms with Crippen molar-refractivity contribution in [2.45, 2.75) is 5.41 Å². The Morgan fingerprint density at radius 2 is 1.05 bits per heavy atom. The molecular formula is C40H25NO. The van der Waals surface area contributed by atoms with E-state index in [-0.39, 0.29) is 0 Å². The molecule has 2 aromatic heterocycles. The zero-order chi connectivity index (χ0) is 27.7. The summed E-state index contributed by atoms with van der Waals surface area (Å²) in [5.41, 5.74) is 12.9. The lowest BCUT2D eigenvalue weighted by Crippen LogP contribution is -2.28. The number of pyridine rings is 1. The summed E-state index contributed by atoms with van der Waals surface area (Å²) >= 11 is 0. The van der Waals surface area contributed by atoms with Crippen molar-refractivity contribution >= 4 is 33.0 Å². The fourth-order valence-corrected chi connectivity index (χ4v) is 7.31. The lowest BCUT2D eigenvalue weighted by molar-refractivity contribution is 0.670. The van der Waals surface area contributed by atoms with Crippen LogP contribution in [-0.4, -0.2) is 4.98 Å². The van der Waals surface area contributed by atoms with Crippen molar-refractivity contribution in [2.24, 2.45) is 0 Å². The molecule has 2 nitrogen and oxygen atoms in total. The number of benzene rings is 6. The van der Waals surface area contributed by atoms with Gasteiger partial charge in [-0.2, -0.15) is 0 Å². The molecule has 0 unspecified atom stereocenters. The number of furan rings is 1. The zero-order valence-corrected chi connectivity index (χ0v) is 22.8. The number of para-hydroxylation sites is 2. The average molecular weight is 536 g/mol. The van der Waals surface area contributed by atoms with Crippen molar-refractivity contribution in [3.8, 4) is 22.3 Å². The Kier molecular flexibility index (Phi) is 4.85. The molecule has 0 amide bonds. The summed E-state index contributed by atoms with van der Waals surface area (Å²) in [6, 6.07) is 54.2. The van der Waals surface area contributed by atoms with E-state index in [1.807, 2.05) is 12.1 Å². The third-order valence-electron chi connectivity index (χ3n) is 8.95. The van der Waals surface area contributed by atoms with Gasteiger partial charge in [0.15, 0.2) is 5.58 Å². The van der Waals surface area contributed by atoms with Gasteiger partial charge in [-0.1, -0.05) is 133 Å². The van der Waals surface area contributed by atoms with Crippen LogP contribution in [0.1, 0.15) is 22.3 Å². The molecule has 2 heterocycles. The molecule has 0 aliphatic heterocycles. The van der Waals surface area contributed by atoms with E-state index in [4.69, 9.17) is 9.40 Å². The molecule has 6 aromatic carbocycles. The van der Waals surface area contributed by atoms with Crippen LogP contribution in [0.4, 0.5) is 0 Å². The maximum atomic E-state index is 6.65. The van der Waals surface area contributed by atoms with E-state index in [1.165, 1.54) is 33.4 Å². The highest BCUT2D eigenvalue weighted by Gasteiger charge is 2.47. The van der Waals surface area contributed by atoms with E-state index in [0.29, 0.717) is 0 Å². The van der Waals surface area contributed by atoms with Crippen LogP contribution in [0.3, 0.4) is 0 Å². The smallest absolute Gasteiger partial charge is 0.162 e. The Labute approximate surface area is 243 Å². The van der Waals surface area contributed by atoms with Gasteiger partial charge in [-0.25, -0.2) is 4.98 Å². The first-order chi connectivity index (χ1) is 20.9. The Morgan fingerprint density at radius 3 is 1.83 bits per heavy atom. The lowest BCUT2D eigenvalue weighted by Gasteiger charge is -2.34. The molecule has 0 saturated heterocycles. The van der Waals surface area contributed by atoms with Crippen molar-refractivity contribution in [2.75, 3.05) is 0 Å². The number of hydrogen-bond donors (Lipinski definition) is 0.